The number of methoxy groups -OCH3 is 1. The Morgan fingerprint density at radius 2 is 1.84 bits per heavy atom. The highest BCUT2D eigenvalue weighted by Gasteiger charge is 2.18. The second-order valence-corrected chi connectivity index (χ2v) is 10.2. The van der Waals surface area contributed by atoms with Gasteiger partial charge in [-0.3, -0.25) is 14.9 Å². The number of benzene rings is 3. The Hall–Kier alpha value is -5.58. The van der Waals surface area contributed by atoms with E-state index >= 15 is 0 Å². The van der Waals surface area contributed by atoms with Gasteiger partial charge in [0.05, 0.1) is 35.8 Å². The van der Waals surface area contributed by atoms with E-state index in [0.717, 1.165) is 28.6 Å². The summed E-state index contributed by atoms with van der Waals surface area (Å²) in [6.07, 6.45) is 2.68. The largest absolute Gasteiger partial charge is 0.496 e. The molecular formula is C33H31N5O6. The number of nitro groups is 1. The first-order chi connectivity index (χ1) is 21.2. The average Bonchev–Trinajstić information content (AvgIpc) is 3.01. The molecule has 11 nitrogen and oxygen atoms in total. The topological polar surface area (TPSA) is 131 Å². The van der Waals surface area contributed by atoms with E-state index in [1.54, 1.807) is 43.7 Å². The Morgan fingerprint density at radius 1 is 1.05 bits per heavy atom. The molecule has 0 amide bonds. The van der Waals surface area contributed by atoms with Crippen LogP contribution >= 0.6 is 0 Å². The van der Waals surface area contributed by atoms with E-state index in [0.29, 0.717) is 40.4 Å². The lowest BCUT2D eigenvalue weighted by Crippen LogP contribution is -2.20. The molecule has 0 unspecified atom stereocenters. The number of aromatic nitrogens is 3. The molecular weight excluding hydrogens is 562 g/mol. The van der Waals surface area contributed by atoms with Crippen molar-refractivity contribution in [3.8, 4) is 34.5 Å². The average molecular weight is 594 g/mol. The van der Waals surface area contributed by atoms with Crippen LogP contribution in [0.5, 0.6) is 23.1 Å². The SMILES string of the molecule is CCOc1cc(C=Nn2c(-c3cc(C(C)C)c(OC)cc3C)nc3ccccc3c2=O)ccc1Oc1ccc([N+](=O)[O-])cn1. The first-order valence-electron chi connectivity index (χ1n) is 14.0. The van der Waals surface area contributed by atoms with Crippen molar-refractivity contribution in [3.63, 3.8) is 0 Å². The Bertz CT molecular complexity index is 1930. The van der Waals surface area contributed by atoms with Gasteiger partial charge < -0.3 is 14.2 Å². The number of aryl methyl sites for hydroxylation is 1. The van der Waals surface area contributed by atoms with Gasteiger partial charge in [-0.05, 0) is 78.9 Å². The van der Waals surface area contributed by atoms with Crippen molar-refractivity contribution in [2.45, 2.75) is 33.6 Å². The summed E-state index contributed by atoms with van der Waals surface area (Å²) in [5.74, 6) is 2.30. The second-order valence-electron chi connectivity index (χ2n) is 10.2. The molecule has 11 heteroatoms. The normalized spacial score (nSPS) is 11.3. The van der Waals surface area contributed by atoms with Gasteiger partial charge in [-0.25, -0.2) is 9.97 Å². The highest BCUT2D eigenvalue weighted by molar-refractivity contribution is 5.83. The molecule has 0 bridgehead atoms. The molecule has 5 aromatic rings. The van der Waals surface area contributed by atoms with Gasteiger partial charge in [-0.1, -0.05) is 26.0 Å². The molecule has 0 saturated heterocycles. The van der Waals surface area contributed by atoms with E-state index in [4.69, 9.17) is 19.2 Å². The van der Waals surface area contributed by atoms with Crippen LogP contribution in [0.25, 0.3) is 22.3 Å². The van der Waals surface area contributed by atoms with Crippen molar-refractivity contribution in [3.05, 3.63) is 110 Å². The van der Waals surface area contributed by atoms with Gasteiger partial charge in [0.2, 0.25) is 5.88 Å². The number of fused-ring (bicyclic) bond motifs is 1. The van der Waals surface area contributed by atoms with Crippen LogP contribution in [0.4, 0.5) is 5.69 Å². The van der Waals surface area contributed by atoms with Crippen molar-refractivity contribution >= 4 is 22.8 Å². The lowest BCUT2D eigenvalue weighted by Gasteiger charge is -2.17. The van der Waals surface area contributed by atoms with Gasteiger partial charge in [0, 0.05) is 17.7 Å². The van der Waals surface area contributed by atoms with Gasteiger partial charge in [0.1, 0.15) is 11.9 Å². The maximum atomic E-state index is 13.8. The van der Waals surface area contributed by atoms with E-state index in [2.05, 4.69) is 23.9 Å². The number of hydrogen-bond donors (Lipinski definition) is 0. The minimum absolute atomic E-state index is 0.142. The molecule has 0 aliphatic carbocycles. The molecule has 0 aliphatic heterocycles. The number of para-hydroxylation sites is 1. The summed E-state index contributed by atoms with van der Waals surface area (Å²) in [6, 6.07) is 19.0. The third kappa shape index (κ3) is 6.12. The molecule has 0 spiro atoms. The standard InChI is InChI=1S/C33H31N5O6/c1-6-43-30-16-22(11-13-28(30)44-31-14-12-23(19-34-31)38(40)41)18-35-37-32(36-27-10-8-7-9-24(27)33(37)39)26-17-25(20(2)3)29(42-5)15-21(26)4/h7-20H,6H2,1-5H3. The molecule has 3 aromatic carbocycles. The quantitative estimate of drug-likeness (QED) is 0.0973. The summed E-state index contributed by atoms with van der Waals surface area (Å²) in [5.41, 5.74) is 3.40. The van der Waals surface area contributed by atoms with Crippen LogP contribution in [-0.2, 0) is 0 Å². The van der Waals surface area contributed by atoms with Gasteiger partial charge in [0.25, 0.3) is 11.2 Å². The second kappa shape index (κ2) is 12.7. The molecule has 0 aliphatic rings. The van der Waals surface area contributed by atoms with Crippen LogP contribution in [0.1, 0.15) is 43.4 Å². The Morgan fingerprint density at radius 3 is 2.52 bits per heavy atom. The van der Waals surface area contributed by atoms with Gasteiger partial charge in [-0.15, -0.1) is 0 Å². The van der Waals surface area contributed by atoms with Crippen LogP contribution in [0.3, 0.4) is 0 Å². The van der Waals surface area contributed by atoms with E-state index in [9.17, 15) is 14.9 Å². The van der Waals surface area contributed by atoms with E-state index in [1.165, 1.54) is 16.8 Å². The van der Waals surface area contributed by atoms with E-state index in [1.807, 2.05) is 38.1 Å². The lowest BCUT2D eigenvalue weighted by molar-refractivity contribution is -0.385. The highest BCUT2D eigenvalue weighted by Crippen LogP contribution is 2.35. The van der Waals surface area contributed by atoms with Gasteiger partial charge in [-0.2, -0.15) is 9.78 Å². The molecule has 44 heavy (non-hydrogen) atoms. The molecule has 0 fully saturated rings. The van der Waals surface area contributed by atoms with Crippen molar-refractivity contribution in [2.24, 2.45) is 5.10 Å². The van der Waals surface area contributed by atoms with Crippen molar-refractivity contribution in [1.29, 1.82) is 0 Å². The number of pyridine rings is 1. The van der Waals surface area contributed by atoms with Crippen LogP contribution in [0.2, 0.25) is 0 Å². The third-order valence-corrected chi connectivity index (χ3v) is 6.93. The van der Waals surface area contributed by atoms with E-state index < -0.39 is 4.92 Å². The number of rotatable bonds is 10. The Balaban J connectivity index is 1.58. The predicted octanol–water partition coefficient (Wildman–Crippen LogP) is 6.88. The summed E-state index contributed by atoms with van der Waals surface area (Å²) in [5, 5.41) is 16.0. The summed E-state index contributed by atoms with van der Waals surface area (Å²) in [6.45, 7) is 8.31. The van der Waals surface area contributed by atoms with Crippen LogP contribution < -0.4 is 19.8 Å². The zero-order chi connectivity index (χ0) is 31.4. The first kappa shape index (κ1) is 29.9. The predicted molar refractivity (Wildman–Crippen MR) is 168 cm³/mol. The van der Waals surface area contributed by atoms with Crippen molar-refractivity contribution in [1.82, 2.24) is 14.6 Å². The Labute approximate surface area is 253 Å². The smallest absolute Gasteiger partial charge is 0.287 e. The number of hydrogen-bond acceptors (Lipinski definition) is 9. The number of nitrogens with zero attached hydrogens (tertiary/aromatic N) is 5. The summed E-state index contributed by atoms with van der Waals surface area (Å²) in [7, 11) is 1.64. The van der Waals surface area contributed by atoms with E-state index in [-0.39, 0.29) is 23.0 Å². The molecule has 2 aromatic heterocycles. The highest BCUT2D eigenvalue weighted by atomic mass is 16.6. The molecule has 0 saturated carbocycles. The molecule has 0 atom stereocenters. The maximum Gasteiger partial charge on any atom is 0.287 e. The molecule has 0 N–H and O–H groups in total. The van der Waals surface area contributed by atoms with Crippen molar-refractivity contribution in [2.75, 3.05) is 13.7 Å². The fourth-order valence-corrected chi connectivity index (χ4v) is 4.71. The monoisotopic (exact) mass is 593 g/mol. The fraction of sp³-hybridized carbons (Fsp3) is 0.212. The summed E-state index contributed by atoms with van der Waals surface area (Å²) < 4.78 is 18.6. The van der Waals surface area contributed by atoms with Crippen LogP contribution in [-0.4, -0.2) is 39.5 Å². The summed E-state index contributed by atoms with van der Waals surface area (Å²) in [4.78, 5) is 33.1. The first-order valence-corrected chi connectivity index (χ1v) is 14.0. The molecule has 5 rings (SSSR count). The zero-order valence-electron chi connectivity index (χ0n) is 25.0. The fourth-order valence-electron chi connectivity index (χ4n) is 4.71. The van der Waals surface area contributed by atoms with Gasteiger partial charge in [0.15, 0.2) is 17.3 Å². The lowest BCUT2D eigenvalue weighted by atomic mass is 9.96. The zero-order valence-corrected chi connectivity index (χ0v) is 25.0. The number of ether oxygens (including phenoxy) is 3. The Kier molecular flexibility index (Phi) is 8.66. The van der Waals surface area contributed by atoms with Crippen LogP contribution in [0, 0.1) is 17.0 Å². The summed E-state index contributed by atoms with van der Waals surface area (Å²) >= 11 is 0. The third-order valence-electron chi connectivity index (χ3n) is 6.93. The maximum absolute atomic E-state index is 13.8. The van der Waals surface area contributed by atoms with Gasteiger partial charge >= 0.3 is 0 Å². The van der Waals surface area contributed by atoms with Crippen molar-refractivity contribution < 1.29 is 19.1 Å². The minimum Gasteiger partial charge on any atom is -0.496 e. The minimum atomic E-state index is -0.530. The molecule has 224 valence electrons. The molecule has 0 radical (unpaired) electrons. The molecule has 2 heterocycles. The van der Waals surface area contributed by atoms with Crippen LogP contribution in [0.15, 0.2) is 82.8 Å².